The molecule has 0 saturated heterocycles. The van der Waals surface area contributed by atoms with Crippen molar-refractivity contribution in [2.45, 2.75) is 31.1 Å². The first-order valence-corrected chi connectivity index (χ1v) is 10.2. The number of amides is 1. The van der Waals surface area contributed by atoms with Gasteiger partial charge in [-0.1, -0.05) is 12.1 Å². The molecule has 5 nitrogen and oxygen atoms in total. The summed E-state index contributed by atoms with van der Waals surface area (Å²) in [6.07, 6.45) is 4.48. The number of thiazole rings is 1. The van der Waals surface area contributed by atoms with Gasteiger partial charge in [-0.25, -0.2) is 9.97 Å². The third kappa shape index (κ3) is 3.18. The number of hydrogen-bond donors (Lipinski definition) is 1. The summed E-state index contributed by atoms with van der Waals surface area (Å²) in [5.41, 5.74) is 3.04. The van der Waals surface area contributed by atoms with Crippen LogP contribution >= 0.6 is 23.1 Å². The molecule has 2 aromatic heterocycles. The van der Waals surface area contributed by atoms with Crippen molar-refractivity contribution in [2.24, 2.45) is 0 Å². The first-order valence-electron chi connectivity index (χ1n) is 7.93. The molecule has 1 aliphatic carbocycles. The maximum absolute atomic E-state index is 12.5. The second-order valence-corrected chi connectivity index (χ2v) is 7.66. The number of nitrogens with one attached hydrogen (secondary N) is 1. The van der Waals surface area contributed by atoms with E-state index in [1.54, 1.807) is 11.8 Å². The summed E-state index contributed by atoms with van der Waals surface area (Å²) in [5.74, 6) is 2.26. The SMILES string of the molecule is CSCc1nc2ccccc2n1CC(=O)Nc1nc(C2CC2)cs1. The summed E-state index contributed by atoms with van der Waals surface area (Å²) in [6, 6.07) is 7.94. The van der Waals surface area contributed by atoms with Gasteiger partial charge in [0.25, 0.3) is 0 Å². The Bertz CT molecular complexity index is 882. The van der Waals surface area contributed by atoms with E-state index in [1.807, 2.05) is 35.1 Å². The molecule has 0 atom stereocenters. The number of carbonyl (C=O) groups is 1. The van der Waals surface area contributed by atoms with Crippen molar-refractivity contribution in [3.63, 3.8) is 0 Å². The van der Waals surface area contributed by atoms with Gasteiger partial charge >= 0.3 is 0 Å². The summed E-state index contributed by atoms with van der Waals surface area (Å²) < 4.78 is 2.00. The molecule has 1 amide bonds. The molecule has 0 unspecified atom stereocenters. The van der Waals surface area contributed by atoms with E-state index in [4.69, 9.17) is 0 Å². The lowest BCUT2D eigenvalue weighted by molar-refractivity contribution is -0.116. The number of thioether (sulfide) groups is 1. The average Bonchev–Trinajstić information content (AvgIpc) is 3.24. The second-order valence-electron chi connectivity index (χ2n) is 5.94. The number of anilines is 1. The summed E-state index contributed by atoms with van der Waals surface area (Å²) in [5, 5.41) is 5.68. The molecule has 1 N–H and O–H groups in total. The molecule has 3 aromatic rings. The standard InChI is InChI=1S/C17H18N4OS2/c1-23-10-15-18-12-4-2-3-5-14(12)21(15)8-16(22)20-17-19-13(9-24-17)11-6-7-11/h2-5,9,11H,6-8,10H2,1H3,(H,19,20,22). The zero-order chi connectivity index (χ0) is 16.5. The number of nitrogens with zero attached hydrogens (tertiary/aromatic N) is 3. The monoisotopic (exact) mass is 358 g/mol. The second kappa shape index (κ2) is 6.57. The van der Waals surface area contributed by atoms with Crippen LogP contribution in [0.2, 0.25) is 0 Å². The van der Waals surface area contributed by atoms with Crippen molar-refractivity contribution in [1.29, 1.82) is 0 Å². The Hall–Kier alpha value is -1.86. The van der Waals surface area contributed by atoms with Crippen LogP contribution in [0.15, 0.2) is 29.6 Å². The molecular formula is C17H18N4OS2. The van der Waals surface area contributed by atoms with Gasteiger partial charge in [-0.15, -0.1) is 11.3 Å². The van der Waals surface area contributed by atoms with Crippen LogP contribution in [0.4, 0.5) is 5.13 Å². The van der Waals surface area contributed by atoms with Crippen LogP contribution in [0.25, 0.3) is 11.0 Å². The Morgan fingerprint density at radius 1 is 1.38 bits per heavy atom. The van der Waals surface area contributed by atoms with Crippen LogP contribution in [-0.4, -0.2) is 26.7 Å². The Morgan fingerprint density at radius 3 is 3.00 bits per heavy atom. The number of aromatic nitrogens is 3. The van der Waals surface area contributed by atoms with Crippen LogP contribution in [0, 0.1) is 0 Å². The molecule has 1 aromatic carbocycles. The van der Waals surface area contributed by atoms with Gasteiger partial charge in [0.1, 0.15) is 12.4 Å². The molecule has 2 heterocycles. The Labute approximate surface area is 148 Å². The minimum absolute atomic E-state index is 0.0581. The van der Waals surface area contributed by atoms with Gasteiger partial charge in [0.15, 0.2) is 5.13 Å². The van der Waals surface area contributed by atoms with Crippen LogP contribution in [0.3, 0.4) is 0 Å². The molecule has 24 heavy (non-hydrogen) atoms. The van der Waals surface area contributed by atoms with Gasteiger partial charge in [0.05, 0.1) is 22.5 Å². The van der Waals surface area contributed by atoms with E-state index in [9.17, 15) is 4.79 Å². The van der Waals surface area contributed by atoms with Gasteiger partial charge in [0, 0.05) is 11.3 Å². The lowest BCUT2D eigenvalue weighted by Gasteiger charge is -2.08. The van der Waals surface area contributed by atoms with E-state index in [1.165, 1.54) is 24.2 Å². The van der Waals surface area contributed by atoms with Gasteiger partial charge in [-0.2, -0.15) is 11.8 Å². The molecule has 1 aliphatic rings. The predicted molar refractivity (Wildman–Crippen MR) is 99.7 cm³/mol. The lowest BCUT2D eigenvalue weighted by Crippen LogP contribution is -2.20. The molecule has 124 valence electrons. The van der Waals surface area contributed by atoms with E-state index in [2.05, 4.69) is 20.7 Å². The van der Waals surface area contributed by atoms with E-state index in [0.717, 1.165) is 28.3 Å². The van der Waals surface area contributed by atoms with Crippen molar-refractivity contribution in [1.82, 2.24) is 14.5 Å². The maximum atomic E-state index is 12.5. The molecule has 0 bridgehead atoms. The zero-order valence-corrected chi connectivity index (χ0v) is 15.0. The third-order valence-corrected chi connectivity index (χ3v) is 5.40. The molecule has 7 heteroatoms. The van der Waals surface area contributed by atoms with E-state index in [0.29, 0.717) is 11.0 Å². The summed E-state index contributed by atoms with van der Waals surface area (Å²) in [4.78, 5) is 21.6. The minimum atomic E-state index is -0.0581. The predicted octanol–water partition coefficient (Wildman–Crippen LogP) is 3.87. The average molecular weight is 358 g/mol. The smallest absolute Gasteiger partial charge is 0.246 e. The Kier molecular flexibility index (Phi) is 4.28. The number of imidazole rings is 1. The largest absolute Gasteiger partial charge is 0.318 e. The first kappa shape index (κ1) is 15.7. The van der Waals surface area contributed by atoms with Crippen LogP contribution < -0.4 is 5.32 Å². The summed E-state index contributed by atoms with van der Waals surface area (Å²) in [6.45, 7) is 0.259. The lowest BCUT2D eigenvalue weighted by atomic mass is 10.3. The zero-order valence-electron chi connectivity index (χ0n) is 13.4. The van der Waals surface area contributed by atoms with Crippen molar-refractivity contribution in [3.8, 4) is 0 Å². The molecule has 0 spiro atoms. The van der Waals surface area contributed by atoms with Crippen molar-refractivity contribution in [2.75, 3.05) is 11.6 Å². The van der Waals surface area contributed by atoms with Gasteiger partial charge < -0.3 is 9.88 Å². The summed E-state index contributed by atoms with van der Waals surface area (Å²) in [7, 11) is 0. The molecule has 0 aliphatic heterocycles. The molecule has 4 rings (SSSR count). The van der Waals surface area contributed by atoms with E-state index < -0.39 is 0 Å². The van der Waals surface area contributed by atoms with E-state index >= 15 is 0 Å². The fourth-order valence-electron chi connectivity index (χ4n) is 2.75. The fraction of sp³-hybridized carbons (Fsp3) is 0.353. The van der Waals surface area contributed by atoms with Crippen molar-refractivity contribution < 1.29 is 4.79 Å². The Balaban J connectivity index is 1.53. The number of rotatable bonds is 6. The first-order chi connectivity index (χ1) is 11.7. The third-order valence-electron chi connectivity index (χ3n) is 4.07. The number of fused-ring (bicyclic) bond motifs is 1. The fourth-order valence-corrected chi connectivity index (χ4v) is 4.04. The molecular weight excluding hydrogens is 340 g/mol. The highest BCUT2D eigenvalue weighted by molar-refractivity contribution is 7.97. The maximum Gasteiger partial charge on any atom is 0.246 e. The highest BCUT2D eigenvalue weighted by atomic mass is 32.2. The minimum Gasteiger partial charge on any atom is -0.318 e. The highest BCUT2D eigenvalue weighted by Gasteiger charge is 2.26. The van der Waals surface area contributed by atoms with Gasteiger partial charge in [-0.05, 0) is 31.2 Å². The summed E-state index contributed by atoms with van der Waals surface area (Å²) >= 11 is 3.21. The number of para-hydroxylation sites is 2. The van der Waals surface area contributed by atoms with Crippen molar-refractivity contribution in [3.05, 3.63) is 41.2 Å². The Morgan fingerprint density at radius 2 is 2.21 bits per heavy atom. The van der Waals surface area contributed by atoms with Gasteiger partial charge in [0.2, 0.25) is 5.91 Å². The number of benzene rings is 1. The molecule has 0 radical (unpaired) electrons. The number of hydrogen-bond acceptors (Lipinski definition) is 5. The van der Waals surface area contributed by atoms with Crippen LogP contribution in [0.1, 0.15) is 30.3 Å². The molecule has 1 fully saturated rings. The topological polar surface area (TPSA) is 59.8 Å². The normalized spacial score (nSPS) is 14.2. The van der Waals surface area contributed by atoms with Crippen LogP contribution in [0.5, 0.6) is 0 Å². The van der Waals surface area contributed by atoms with E-state index in [-0.39, 0.29) is 12.5 Å². The highest BCUT2D eigenvalue weighted by Crippen LogP contribution is 2.40. The molecule has 1 saturated carbocycles. The van der Waals surface area contributed by atoms with Crippen LogP contribution in [-0.2, 0) is 17.1 Å². The van der Waals surface area contributed by atoms with Crippen molar-refractivity contribution >= 4 is 45.2 Å². The van der Waals surface area contributed by atoms with Gasteiger partial charge in [-0.3, -0.25) is 4.79 Å². The number of carbonyl (C=O) groups excluding carboxylic acids is 1. The quantitative estimate of drug-likeness (QED) is 0.727.